The number of para-hydroxylation sites is 1. The summed E-state index contributed by atoms with van der Waals surface area (Å²) in [4.78, 5) is 4.71. The van der Waals surface area contributed by atoms with Gasteiger partial charge in [-0.05, 0) is 25.5 Å². The largest absolute Gasteiger partial charge is 0.489 e. The highest BCUT2D eigenvalue weighted by atomic mass is 19.1. The highest BCUT2D eigenvalue weighted by Crippen LogP contribution is 2.16. The lowest BCUT2D eigenvalue weighted by molar-refractivity contribution is 0.0321. The van der Waals surface area contributed by atoms with Gasteiger partial charge >= 0.3 is 0 Å². The second-order valence-electron chi connectivity index (χ2n) is 5.99. The van der Waals surface area contributed by atoms with Gasteiger partial charge in [-0.15, -0.1) is 0 Å². The zero-order valence-corrected chi connectivity index (χ0v) is 13.5. The third kappa shape index (κ3) is 4.93. The van der Waals surface area contributed by atoms with E-state index in [2.05, 4.69) is 16.7 Å². The van der Waals surface area contributed by atoms with E-state index in [4.69, 9.17) is 4.74 Å². The smallest absolute Gasteiger partial charge is 0.165 e. The Morgan fingerprint density at radius 2 is 2.14 bits per heavy atom. The molecule has 0 spiro atoms. The lowest BCUT2D eigenvalue weighted by Crippen LogP contribution is -2.55. The van der Waals surface area contributed by atoms with E-state index in [-0.39, 0.29) is 11.9 Å². The molecule has 1 heterocycles. The van der Waals surface area contributed by atoms with Gasteiger partial charge in [0, 0.05) is 38.8 Å². The third-order valence-corrected chi connectivity index (χ3v) is 4.16. The summed E-state index contributed by atoms with van der Waals surface area (Å²) in [5.74, 6) is 0.0120. The van der Waals surface area contributed by atoms with Crippen molar-refractivity contribution in [2.75, 3.05) is 39.3 Å². The molecule has 1 saturated heterocycles. The highest BCUT2D eigenvalue weighted by molar-refractivity contribution is 5.23. The van der Waals surface area contributed by atoms with E-state index >= 15 is 0 Å². The molecule has 0 unspecified atom stereocenters. The van der Waals surface area contributed by atoms with Crippen LogP contribution in [-0.4, -0.2) is 66.4 Å². The Hall–Kier alpha value is -1.17. The number of piperazine rings is 1. The van der Waals surface area contributed by atoms with Crippen LogP contribution in [0.4, 0.5) is 4.39 Å². The predicted molar refractivity (Wildman–Crippen MR) is 85.7 cm³/mol. The van der Waals surface area contributed by atoms with Gasteiger partial charge in [-0.2, -0.15) is 0 Å². The SMILES string of the molecule is CC[C@H]1CN(CCOc2ccccc2F)CCN1C[C@H](C)O. The fourth-order valence-corrected chi connectivity index (χ4v) is 2.97. The van der Waals surface area contributed by atoms with Crippen molar-refractivity contribution in [2.45, 2.75) is 32.4 Å². The van der Waals surface area contributed by atoms with E-state index in [0.29, 0.717) is 18.4 Å². The molecule has 1 fully saturated rings. The van der Waals surface area contributed by atoms with Gasteiger partial charge in [0.05, 0.1) is 6.10 Å². The van der Waals surface area contributed by atoms with Crippen LogP contribution in [0.5, 0.6) is 5.75 Å². The first kappa shape index (κ1) is 17.2. The number of hydrogen-bond donors (Lipinski definition) is 1. The van der Waals surface area contributed by atoms with E-state index in [0.717, 1.165) is 39.1 Å². The van der Waals surface area contributed by atoms with Crippen LogP contribution < -0.4 is 4.74 Å². The Labute approximate surface area is 132 Å². The van der Waals surface area contributed by atoms with E-state index in [1.54, 1.807) is 18.2 Å². The maximum absolute atomic E-state index is 13.5. The van der Waals surface area contributed by atoms with Crippen LogP contribution in [0.25, 0.3) is 0 Å². The van der Waals surface area contributed by atoms with Gasteiger partial charge in [-0.25, -0.2) is 4.39 Å². The van der Waals surface area contributed by atoms with Gasteiger partial charge in [-0.1, -0.05) is 19.1 Å². The summed E-state index contributed by atoms with van der Waals surface area (Å²) in [7, 11) is 0. The van der Waals surface area contributed by atoms with E-state index in [1.165, 1.54) is 6.07 Å². The molecular formula is C17H27FN2O2. The summed E-state index contributed by atoms with van der Waals surface area (Å²) in [5, 5.41) is 9.57. The molecular weight excluding hydrogens is 283 g/mol. The second-order valence-corrected chi connectivity index (χ2v) is 5.99. The minimum absolute atomic E-state index is 0.287. The molecule has 0 saturated carbocycles. The van der Waals surface area contributed by atoms with Gasteiger partial charge in [-0.3, -0.25) is 9.80 Å². The topological polar surface area (TPSA) is 35.9 Å². The molecule has 1 N–H and O–H groups in total. The standard InChI is InChI=1S/C17H27FN2O2/c1-3-15-13-19(8-9-20(15)12-14(2)21)10-11-22-17-7-5-4-6-16(17)18/h4-7,14-15,21H,3,8-13H2,1-2H3/t14-,15-/m0/s1. The minimum atomic E-state index is -0.310. The minimum Gasteiger partial charge on any atom is -0.489 e. The van der Waals surface area contributed by atoms with Crippen molar-refractivity contribution in [1.82, 2.24) is 9.80 Å². The average Bonchev–Trinajstić information content (AvgIpc) is 2.50. The van der Waals surface area contributed by atoms with Crippen molar-refractivity contribution in [1.29, 1.82) is 0 Å². The third-order valence-electron chi connectivity index (χ3n) is 4.16. The quantitative estimate of drug-likeness (QED) is 0.835. The number of benzene rings is 1. The molecule has 124 valence electrons. The highest BCUT2D eigenvalue weighted by Gasteiger charge is 2.26. The summed E-state index contributed by atoms with van der Waals surface area (Å²) in [6.07, 6.45) is 0.780. The number of halogens is 1. The van der Waals surface area contributed by atoms with Crippen molar-refractivity contribution in [2.24, 2.45) is 0 Å². The van der Waals surface area contributed by atoms with Gasteiger partial charge in [0.25, 0.3) is 0 Å². The molecule has 4 nitrogen and oxygen atoms in total. The fraction of sp³-hybridized carbons (Fsp3) is 0.647. The fourth-order valence-electron chi connectivity index (χ4n) is 2.97. The molecule has 2 rings (SSSR count). The van der Waals surface area contributed by atoms with Gasteiger partial charge < -0.3 is 9.84 Å². The van der Waals surface area contributed by atoms with Crippen LogP contribution in [0.1, 0.15) is 20.3 Å². The number of aliphatic hydroxyl groups excluding tert-OH is 1. The number of aliphatic hydroxyl groups is 1. The Morgan fingerprint density at radius 1 is 1.36 bits per heavy atom. The van der Waals surface area contributed by atoms with E-state index in [1.807, 2.05) is 6.92 Å². The second kappa shape index (κ2) is 8.46. The first-order valence-corrected chi connectivity index (χ1v) is 8.12. The van der Waals surface area contributed by atoms with E-state index < -0.39 is 0 Å². The molecule has 22 heavy (non-hydrogen) atoms. The van der Waals surface area contributed by atoms with Gasteiger partial charge in [0.15, 0.2) is 11.6 Å². The van der Waals surface area contributed by atoms with Crippen LogP contribution in [-0.2, 0) is 0 Å². The number of hydrogen-bond acceptors (Lipinski definition) is 4. The van der Waals surface area contributed by atoms with Crippen LogP contribution in [0.3, 0.4) is 0 Å². The zero-order valence-electron chi connectivity index (χ0n) is 13.5. The van der Waals surface area contributed by atoms with Gasteiger partial charge in [0.1, 0.15) is 6.61 Å². The molecule has 0 radical (unpaired) electrons. The lowest BCUT2D eigenvalue weighted by Gasteiger charge is -2.41. The maximum atomic E-state index is 13.5. The molecule has 2 atom stereocenters. The summed E-state index contributed by atoms with van der Waals surface area (Å²) in [6.45, 7) is 8.94. The van der Waals surface area contributed by atoms with Crippen molar-refractivity contribution in [3.8, 4) is 5.75 Å². The molecule has 0 aliphatic carbocycles. The predicted octanol–water partition coefficient (Wildman–Crippen LogP) is 1.98. The summed E-state index contributed by atoms with van der Waals surface area (Å²) in [5.41, 5.74) is 0. The van der Waals surface area contributed by atoms with Crippen molar-refractivity contribution in [3.05, 3.63) is 30.1 Å². The van der Waals surface area contributed by atoms with Gasteiger partial charge in [0.2, 0.25) is 0 Å². The Bertz CT molecular complexity index is 456. The first-order chi connectivity index (χ1) is 10.6. The Kier molecular flexibility index (Phi) is 6.61. The summed E-state index contributed by atoms with van der Waals surface area (Å²) in [6, 6.07) is 6.98. The molecule has 0 bridgehead atoms. The van der Waals surface area contributed by atoms with Crippen LogP contribution >= 0.6 is 0 Å². The Balaban J connectivity index is 1.76. The van der Waals surface area contributed by atoms with E-state index in [9.17, 15) is 9.50 Å². The van der Waals surface area contributed by atoms with Crippen molar-refractivity contribution in [3.63, 3.8) is 0 Å². The normalized spacial score (nSPS) is 21.7. The molecule has 0 amide bonds. The molecule has 0 aromatic heterocycles. The maximum Gasteiger partial charge on any atom is 0.165 e. The zero-order chi connectivity index (χ0) is 15.9. The van der Waals surface area contributed by atoms with Crippen molar-refractivity contribution < 1.29 is 14.2 Å². The molecule has 5 heteroatoms. The Morgan fingerprint density at radius 3 is 2.82 bits per heavy atom. The average molecular weight is 310 g/mol. The van der Waals surface area contributed by atoms with Crippen LogP contribution in [0.15, 0.2) is 24.3 Å². The van der Waals surface area contributed by atoms with Crippen molar-refractivity contribution >= 4 is 0 Å². The number of nitrogens with zero attached hydrogens (tertiary/aromatic N) is 2. The lowest BCUT2D eigenvalue weighted by atomic mass is 10.1. The van der Waals surface area contributed by atoms with Crippen LogP contribution in [0.2, 0.25) is 0 Å². The molecule has 1 aliphatic rings. The monoisotopic (exact) mass is 310 g/mol. The summed E-state index contributed by atoms with van der Waals surface area (Å²) >= 11 is 0. The molecule has 1 aromatic carbocycles. The number of β-amino-alcohol motifs (C(OH)–C–C–N with tert-alkyl or cyclic N) is 1. The summed E-state index contributed by atoms with van der Waals surface area (Å²) < 4.78 is 19.0. The first-order valence-electron chi connectivity index (χ1n) is 8.12. The molecule has 1 aliphatic heterocycles. The molecule has 1 aromatic rings. The number of ether oxygens (including phenoxy) is 1. The van der Waals surface area contributed by atoms with Crippen LogP contribution in [0, 0.1) is 5.82 Å². The number of rotatable bonds is 7.